The highest BCUT2D eigenvalue weighted by atomic mass is 32.2. The van der Waals surface area contributed by atoms with E-state index in [1.54, 1.807) is 25.0 Å². The molecule has 0 spiro atoms. The summed E-state index contributed by atoms with van der Waals surface area (Å²) in [5, 5.41) is 3.10. The maximum atomic E-state index is 13.5. The highest BCUT2D eigenvalue weighted by Crippen LogP contribution is 2.26. The van der Waals surface area contributed by atoms with Gasteiger partial charge in [-0.25, -0.2) is 8.42 Å². The van der Waals surface area contributed by atoms with E-state index in [1.165, 1.54) is 10.6 Å². The van der Waals surface area contributed by atoms with Crippen molar-refractivity contribution in [1.82, 2.24) is 10.2 Å². The maximum Gasteiger partial charge on any atom is 0.242 e. The molecule has 2 amide bonds. The third-order valence-electron chi connectivity index (χ3n) is 7.38. The van der Waals surface area contributed by atoms with Crippen molar-refractivity contribution in [2.75, 3.05) is 24.2 Å². The Morgan fingerprint density at radius 3 is 2.34 bits per heavy atom. The van der Waals surface area contributed by atoms with Gasteiger partial charge in [-0.3, -0.25) is 13.9 Å². The highest BCUT2D eigenvalue weighted by Gasteiger charge is 2.29. The molecule has 1 aliphatic rings. The van der Waals surface area contributed by atoms with Gasteiger partial charge >= 0.3 is 0 Å². The van der Waals surface area contributed by atoms with E-state index in [0.29, 0.717) is 17.9 Å². The number of carbonyl (C=O) groups excluding carboxylic acids is 2. The number of aryl methyl sites for hydroxylation is 1. The Morgan fingerprint density at radius 1 is 1.08 bits per heavy atom. The van der Waals surface area contributed by atoms with Crippen LogP contribution in [0.3, 0.4) is 0 Å². The molecule has 2 aromatic rings. The molecule has 208 valence electrons. The number of benzene rings is 2. The van der Waals surface area contributed by atoms with Crippen molar-refractivity contribution in [3.63, 3.8) is 0 Å². The number of sulfonamides is 1. The molecule has 0 aliphatic heterocycles. The van der Waals surface area contributed by atoms with Crippen LogP contribution in [0.5, 0.6) is 5.75 Å². The van der Waals surface area contributed by atoms with Crippen LogP contribution in [0.4, 0.5) is 5.69 Å². The van der Waals surface area contributed by atoms with Crippen LogP contribution in [0.1, 0.15) is 62.1 Å². The fraction of sp³-hybridized carbons (Fsp3) is 0.517. The Balaban J connectivity index is 1.74. The molecule has 0 radical (unpaired) electrons. The van der Waals surface area contributed by atoms with Gasteiger partial charge < -0.3 is 15.0 Å². The van der Waals surface area contributed by atoms with Crippen LogP contribution in [0.25, 0.3) is 0 Å². The van der Waals surface area contributed by atoms with Crippen LogP contribution in [-0.2, 0) is 26.2 Å². The lowest BCUT2D eigenvalue weighted by Crippen LogP contribution is -2.49. The average Bonchev–Trinajstić information content (AvgIpc) is 3.39. The number of nitrogens with one attached hydrogen (secondary N) is 1. The van der Waals surface area contributed by atoms with E-state index in [4.69, 9.17) is 4.74 Å². The smallest absolute Gasteiger partial charge is 0.242 e. The van der Waals surface area contributed by atoms with Crippen LogP contribution in [0.2, 0.25) is 0 Å². The normalized spacial score (nSPS) is 14.7. The minimum atomic E-state index is -3.54. The zero-order valence-corrected chi connectivity index (χ0v) is 24.0. The van der Waals surface area contributed by atoms with Gasteiger partial charge in [0.1, 0.15) is 11.8 Å². The van der Waals surface area contributed by atoms with Crippen molar-refractivity contribution in [1.29, 1.82) is 0 Å². The molecule has 1 fully saturated rings. The summed E-state index contributed by atoms with van der Waals surface area (Å²) in [6.07, 6.45) is 5.76. The third kappa shape index (κ3) is 7.72. The molecule has 1 N–H and O–H groups in total. The van der Waals surface area contributed by atoms with E-state index in [1.807, 2.05) is 50.2 Å². The molecule has 38 heavy (non-hydrogen) atoms. The first kappa shape index (κ1) is 29.5. The van der Waals surface area contributed by atoms with Crippen LogP contribution in [0.15, 0.2) is 42.5 Å². The second-order valence-corrected chi connectivity index (χ2v) is 12.1. The number of hydrogen-bond donors (Lipinski definition) is 1. The Morgan fingerprint density at radius 2 is 1.74 bits per heavy atom. The summed E-state index contributed by atoms with van der Waals surface area (Å²) >= 11 is 0. The first-order valence-electron chi connectivity index (χ1n) is 13.3. The van der Waals surface area contributed by atoms with Gasteiger partial charge in [0.05, 0.1) is 19.1 Å². The molecular weight excluding hydrogens is 502 g/mol. The van der Waals surface area contributed by atoms with Gasteiger partial charge in [0.25, 0.3) is 0 Å². The third-order valence-corrected chi connectivity index (χ3v) is 8.56. The van der Waals surface area contributed by atoms with Gasteiger partial charge in [-0.05, 0) is 74.9 Å². The number of anilines is 1. The molecule has 9 heteroatoms. The van der Waals surface area contributed by atoms with E-state index in [0.717, 1.165) is 42.4 Å². The Bertz CT molecular complexity index is 1210. The van der Waals surface area contributed by atoms with Gasteiger partial charge in [-0.1, -0.05) is 37.1 Å². The lowest BCUT2D eigenvalue weighted by Gasteiger charge is -2.30. The molecule has 1 atom stereocenters. The minimum Gasteiger partial charge on any atom is -0.497 e. The van der Waals surface area contributed by atoms with Crippen LogP contribution >= 0.6 is 0 Å². The van der Waals surface area contributed by atoms with Crippen molar-refractivity contribution < 1.29 is 22.7 Å². The van der Waals surface area contributed by atoms with E-state index >= 15 is 0 Å². The molecule has 0 aromatic heterocycles. The molecule has 0 bridgehead atoms. The number of ether oxygens (including phenoxy) is 1. The highest BCUT2D eigenvalue weighted by molar-refractivity contribution is 7.92. The number of hydrogen-bond acceptors (Lipinski definition) is 5. The molecular formula is C29H41N3O5S. The lowest BCUT2D eigenvalue weighted by molar-refractivity contribution is -0.141. The second kappa shape index (κ2) is 13.1. The second-order valence-electron chi connectivity index (χ2n) is 10.2. The van der Waals surface area contributed by atoms with Crippen molar-refractivity contribution in [3.8, 4) is 5.75 Å². The number of methoxy groups -OCH3 is 1. The largest absolute Gasteiger partial charge is 0.497 e. The predicted molar refractivity (Wildman–Crippen MR) is 151 cm³/mol. The van der Waals surface area contributed by atoms with Gasteiger partial charge in [-0.15, -0.1) is 0 Å². The Hall–Kier alpha value is -3.07. The Labute approximate surface area is 227 Å². The molecule has 1 aliphatic carbocycles. The monoisotopic (exact) mass is 543 g/mol. The number of amides is 2. The summed E-state index contributed by atoms with van der Waals surface area (Å²) < 4.78 is 31.9. The SMILES string of the molecule is COc1ccc(CN(C(=O)CCCN(c2cccc(C)c2C)S(C)(=O)=O)C(C)C(=O)NC2CCCC2)cc1. The molecule has 0 heterocycles. The van der Waals surface area contributed by atoms with E-state index in [2.05, 4.69) is 5.32 Å². The zero-order valence-electron chi connectivity index (χ0n) is 23.2. The number of carbonyl (C=O) groups is 2. The summed E-state index contributed by atoms with van der Waals surface area (Å²) in [4.78, 5) is 28.2. The van der Waals surface area contributed by atoms with Crippen molar-refractivity contribution >= 4 is 27.5 Å². The molecule has 0 saturated heterocycles. The Kier molecular flexibility index (Phi) is 10.2. The molecule has 8 nitrogen and oxygen atoms in total. The molecule has 3 rings (SSSR count). The van der Waals surface area contributed by atoms with E-state index < -0.39 is 16.1 Å². The van der Waals surface area contributed by atoms with Gasteiger partial charge in [0.2, 0.25) is 21.8 Å². The summed E-state index contributed by atoms with van der Waals surface area (Å²) in [6, 6.07) is 12.5. The lowest BCUT2D eigenvalue weighted by atomic mass is 10.1. The number of rotatable bonds is 12. The maximum absolute atomic E-state index is 13.5. The molecule has 1 saturated carbocycles. The van der Waals surface area contributed by atoms with Crippen LogP contribution in [0, 0.1) is 13.8 Å². The molecule has 1 unspecified atom stereocenters. The fourth-order valence-electron chi connectivity index (χ4n) is 4.89. The van der Waals surface area contributed by atoms with Gasteiger partial charge in [0, 0.05) is 25.6 Å². The first-order valence-corrected chi connectivity index (χ1v) is 15.1. The van der Waals surface area contributed by atoms with Crippen LogP contribution in [-0.4, -0.2) is 57.1 Å². The standard InChI is InChI=1S/C29H41N3O5S/c1-21-10-8-13-27(22(21)2)32(38(5,35)36)19-9-14-28(33)31(20-24-15-17-26(37-4)18-16-24)23(3)29(34)30-25-11-6-7-12-25/h8,10,13,15-18,23,25H,6-7,9,11-12,14,19-20H2,1-5H3,(H,30,34). The minimum absolute atomic E-state index is 0.119. The van der Waals surface area contributed by atoms with Gasteiger partial charge in [-0.2, -0.15) is 0 Å². The quantitative estimate of drug-likeness (QED) is 0.430. The summed E-state index contributed by atoms with van der Waals surface area (Å²) in [7, 11) is -1.95. The van der Waals surface area contributed by atoms with Crippen molar-refractivity contribution in [2.45, 2.75) is 77.9 Å². The number of nitrogens with zero attached hydrogens (tertiary/aromatic N) is 2. The summed E-state index contributed by atoms with van der Waals surface area (Å²) in [6.45, 7) is 6.04. The average molecular weight is 544 g/mol. The molecule has 2 aromatic carbocycles. The zero-order chi connectivity index (χ0) is 27.9. The van der Waals surface area contributed by atoms with Gasteiger partial charge in [0.15, 0.2) is 0 Å². The van der Waals surface area contributed by atoms with E-state index in [9.17, 15) is 18.0 Å². The summed E-state index contributed by atoms with van der Waals surface area (Å²) in [5.74, 6) is 0.363. The van der Waals surface area contributed by atoms with E-state index in [-0.39, 0.29) is 37.4 Å². The predicted octanol–water partition coefficient (Wildman–Crippen LogP) is 4.33. The summed E-state index contributed by atoms with van der Waals surface area (Å²) in [5.41, 5.74) is 3.40. The topological polar surface area (TPSA) is 96.0 Å². The van der Waals surface area contributed by atoms with Crippen molar-refractivity contribution in [2.24, 2.45) is 0 Å². The fourth-order valence-corrected chi connectivity index (χ4v) is 5.91. The first-order chi connectivity index (χ1) is 18.0. The van der Waals surface area contributed by atoms with Crippen LogP contribution < -0.4 is 14.4 Å². The van der Waals surface area contributed by atoms with Crippen molar-refractivity contribution in [3.05, 3.63) is 59.2 Å².